The van der Waals surface area contributed by atoms with Crippen LogP contribution in [-0.4, -0.2) is 15.3 Å². The van der Waals surface area contributed by atoms with Gasteiger partial charge in [-0.1, -0.05) is 42.5 Å². The molecular weight excluding hydrogens is 324 g/mol. The van der Waals surface area contributed by atoms with Gasteiger partial charge in [0.2, 0.25) is 0 Å². The summed E-state index contributed by atoms with van der Waals surface area (Å²) in [6.45, 7) is 7.66. The quantitative estimate of drug-likeness (QED) is 0.586. The lowest BCUT2D eigenvalue weighted by atomic mass is 9.97. The molecule has 0 heterocycles. The van der Waals surface area contributed by atoms with Crippen molar-refractivity contribution < 1.29 is 15.3 Å². The van der Waals surface area contributed by atoms with E-state index in [1.165, 1.54) is 11.1 Å². The van der Waals surface area contributed by atoms with Crippen LogP contribution in [0.2, 0.25) is 0 Å². The fourth-order valence-electron chi connectivity index (χ4n) is 2.96. The van der Waals surface area contributed by atoms with E-state index in [2.05, 4.69) is 0 Å². The molecule has 0 aliphatic rings. The maximum Gasteiger partial charge on any atom is 0.121 e. The molecule has 3 heteroatoms. The van der Waals surface area contributed by atoms with Gasteiger partial charge in [0, 0.05) is 0 Å². The van der Waals surface area contributed by atoms with E-state index in [1.54, 1.807) is 24.3 Å². The zero-order valence-electron chi connectivity index (χ0n) is 15.7. The van der Waals surface area contributed by atoms with Crippen LogP contribution in [0.15, 0.2) is 54.6 Å². The number of benzene rings is 3. The van der Waals surface area contributed by atoms with Crippen molar-refractivity contribution in [2.24, 2.45) is 0 Å². The molecule has 3 N–H and O–H groups in total. The summed E-state index contributed by atoms with van der Waals surface area (Å²) in [7, 11) is 0. The average Bonchev–Trinajstić information content (AvgIpc) is 2.59. The molecule has 3 nitrogen and oxygen atoms in total. The Morgan fingerprint density at radius 2 is 0.923 bits per heavy atom. The molecule has 0 atom stereocenters. The number of aromatic hydroxyl groups is 3. The third-order valence-electron chi connectivity index (χ3n) is 4.27. The van der Waals surface area contributed by atoms with E-state index in [9.17, 15) is 10.2 Å². The maximum absolute atomic E-state index is 9.79. The van der Waals surface area contributed by atoms with Gasteiger partial charge in [-0.3, -0.25) is 0 Å². The number of phenolic OH excluding ortho intramolecular Hbond substituents is 3. The Labute approximate surface area is 155 Å². The molecule has 0 aromatic heterocycles. The highest BCUT2D eigenvalue weighted by Crippen LogP contribution is 2.27. The monoisotopic (exact) mass is 350 g/mol. The summed E-state index contributed by atoms with van der Waals surface area (Å²) < 4.78 is 0. The molecule has 26 heavy (non-hydrogen) atoms. The second-order valence-corrected chi connectivity index (χ2v) is 6.67. The van der Waals surface area contributed by atoms with E-state index in [0.717, 1.165) is 28.7 Å². The van der Waals surface area contributed by atoms with Crippen LogP contribution in [0.3, 0.4) is 0 Å². The van der Waals surface area contributed by atoms with E-state index in [4.69, 9.17) is 5.11 Å². The van der Waals surface area contributed by atoms with Gasteiger partial charge in [-0.15, -0.1) is 0 Å². The van der Waals surface area contributed by atoms with Crippen LogP contribution >= 0.6 is 0 Å². The first kappa shape index (κ1) is 19.4. The van der Waals surface area contributed by atoms with Crippen LogP contribution in [-0.2, 0) is 6.42 Å². The van der Waals surface area contributed by atoms with Crippen LogP contribution in [0.5, 0.6) is 17.2 Å². The lowest BCUT2D eigenvalue weighted by Crippen LogP contribution is -1.93. The summed E-state index contributed by atoms with van der Waals surface area (Å²) >= 11 is 0. The first-order chi connectivity index (χ1) is 12.3. The van der Waals surface area contributed by atoms with Gasteiger partial charge in [-0.2, -0.15) is 0 Å². The van der Waals surface area contributed by atoms with Crippen molar-refractivity contribution in [2.75, 3.05) is 0 Å². The number of aryl methyl sites for hydroxylation is 4. The predicted molar refractivity (Wildman–Crippen MR) is 106 cm³/mol. The van der Waals surface area contributed by atoms with E-state index >= 15 is 0 Å². The van der Waals surface area contributed by atoms with Crippen LogP contribution in [0.25, 0.3) is 0 Å². The Kier molecular flexibility index (Phi) is 6.29. The number of rotatable bonds is 2. The molecule has 0 aliphatic heterocycles. The minimum atomic E-state index is 0.322. The molecule has 0 radical (unpaired) electrons. The third kappa shape index (κ3) is 5.03. The number of para-hydroxylation sites is 1. The Bertz CT molecular complexity index is 782. The highest BCUT2D eigenvalue weighted by atomic mass is 16.3. The van der Waals surface area contributed by atoms with E-state index in [0.29, 0.717) is 17.2 Å². The molecule has 0 amide bonds. The summed E-state index contributed by atoms with van der Waals surface area (Å²) in [5, 5.41) is 28.2. The Hall–Kier alpha value is -2.94. The van der Waals surface area contributed by atoms with Crippen molar-refractivity contribution in [1.82, 2.24) is 0 Å². The molecule has 0 spiro atoms. The normalized spacial score (nSPS) is 10.2. The fourth-order valence-corrected chi connectivity index (χ4v) is 2.96. The smallest absolute Gasteiger partial charge is 0.121 e. The van der Waals surface area contributed by atoms with Gasteiger partial charge in [0.05, 0.1) is 0 Å². The zero-order valence-corrected chi connectivity index (χ0v) is 15.7. The van der Waals surface area contributed by atoms with Gasteiger partial charge in [0.1, 0.15) is 17.2 Å². The average molecular weight is 350 g/mol. The highest BCUT2D eigenvalue weighted by Gasteiger charge is 2.07. The summed E-state index contributed by atoms with van der Waals surface area (Å²) in [4.78, 5) is 0. The molecule has 0 bridgehead atoms. The Morgan fingerprint density at radius 3 is 1.19 bits per heavy atom. The summed E-state index contributed by atoms with van der Waals surface area (Å²) in [6, 6.07) is 16.8. The Balaban J connectivity index is 0.000000290. The van der Waals surface area contributed by atoms with Gasteiger partial charge >= 0.3 is 0 Å². The molecule has 136 valence electrons. The minimum absolute atomic E-state index is 0.322. The van der Waals surface area contributed by atoms with Crippen molar-refractivity contribution >= 4 is 0 Å². The number of hydrogen-bond acceptors (Lipinski definition) is 3. The number of phenols is 3. The highest BCUT2D eigenvalue weighted by molar-refractivity contribution is 5.46. The molecule has 0 aliphatic carbocycles. The molecule has 0 unspecified atom stereocenters. The first-order valence-corrected chi connectivity index (χ1v) is 8.60. The van der Waals surface area contributed by atoms with Gasteiger partial charge in [0.25, 0.3) is 0 Å². The minimum Gasteiger partial charge on any atom is -0.508 e. The van der Waals surface area contributed by atoms with E-state index in [1.807, 2.05) is 58.0 Å². The molecule has 0 saturated heterocycles. The van der Waals surface area contributed by atoms with Crippen LogP contribution in [0.1, 0.15) is 33.4 Å². The SMILES string of the molecule is Cc1cc(Cc2cc(C)c(O)c(C)c2)cc(C)c1O.Oc1ccccc1. The largest absolute Gasteiger partial charge is 0.508 e. The first-order valence-electron chi connectivity index (χ1n) is 8.60. The molecule has 0 fully saturated rings. The Morgan fingerprint density at radius 1 is 0.577 bits per heavy atom. The second kappa shape index (κ2) is 8.43. The maximum atomic E-state index is 9.79. The van der Waals surface area contributed by atoms with Gasteiger partial charge in [-0.05, 0) is 79.6 Å². The summed E-state index contributed by atoms with van der Waals surface area (Å²) in [5.41, 5.74) is 5.98. The van der Waals surface area contributed by atoms with Crippen molar-refractivity contribution in [3.63, 3.8) is 0 Å². The second-order valence-electron chi connectivity index (χ2n) is 6.67. The van der Waals surface area contributed by atoms with Crippen LogP contribution in [0, 0.1) is 27.7 Å². The number of hydrogen-bond donors (Lipinski definition) is 3. The van der Waals surface area contributed by atoms with E-state index < -0.39 is 0 Å². The van der Waals surface area contributed by atoms with Crippen LogP contribution < -0.4 is 0 Å². The standard InChI is InChI=1S/C17H20O2.C6H6O/c1-10-5-14(6-11(2)16(10)18)9-15-7-12(3)17(19)13(4)8-15;7-6-4-2-1-3-5-6/h5-8,18-19H,9H2,1-4H3;1-5,7H. The molecule has 3 aromatic rings. The lowest BCUT2D eigenvalue weighted by molar-refractivity contribution is 0.466. The van der Waals surface area contributed by atoms with Crippen LogP contribution in [0.4, 0.5) is 0 Å². The predicted octanol–water partition coefficient (Wildman–Crippen LogP) is 5.31. The van der Waals surface area contributed by atoms with Crippen molar-refractivity contribution in [3.05, 3.63) is 88.0 Å². The molecule has 0 saturated carbocycles. The van der Waals surface area contributed by atoms with Crippen molar-refractivity contribution in [3.8, 4) is 17.2 Å². The zero-order chi connectivity index (χ0) is 19.3. The fraction of sp³-hybridized carbons (Fsp3) is 0.217. The summed E-state index contributed by atoms with van der Waals surface area (Å²) in [6.07, 6.45) is 0.809. The molecule has 3 rings (SSSR count). The van der Waals surface area contributed by atoms with Gasteiger partial charge < -0.3 is 15.3 Å². The van der Waals surface area contributed by atoms with Crippen molar-refractivity contribution in [1.29, 1.82) is 0 Å². The summed E-state index contributed by atoms with van der Waals surface area (Å²) in [5.74, 6) is 1.08. The lowest BCUT2D eigenvalue weighted by Gasteiger charge is -2.10. The van der Waals surface area contributed by atoms with Gasteiger partial charge in [0.15, 0.2) is 0 Å². The van der Waals surface area contributed by atoms with E-state index in [-0.39, 0.29) is 0 Å². The topological polar surface area (TPSA) is 60.7 Å². The molecular formula is C23H26O3. The molecule has 3 aromatic carbocycles. The van der Waals surface area contributed by atoms with Crippen molar-refractivity contribution in [2.45, 2.75) is 34.1 Å². The third-order valence-corrected chi connectivity index (χ3v) is 4.27. The van der Waals surface area contributed by atoms with Gasteiger partial charge in [-0.25, -0.2) is 0 Å².